The second-order valence-electron chi connectivity index (χ2n) is 5.45. The highest BCUT2D eigenvalue weighted by molar-refractivity contribution is 5.40. The Morgan fingerprint density at radius 3 is 2.55 bits per heavy atom. The number of hydrogen-bond donors (Lipinski definition) is 1. The number of nitrogen functional groups attached to an aromatic ring is 1. The van der Waals surface area contributed by atoms with E-state index in [-0.39, 0.29) is 0 Å². The molecule has 0 fully saturated rings. The Hall–Kier alpha value is -2.00. The maximum atomic E-state index is 5.71. The fourth-order valence-corrected chi connectivity index (χ4v) is 2.64. The van der Waals surface area contributed by atoms with Crippen LogP contribution in [0.3, 0.4) is 0 Å². The maximum Gasteiger partial charge on any atom is 0.122 e. The van der Waals surface area contributed by atoms with Gasteiger partial charge in [0.25, 0.3) is 0 Å². The predicted molar refractivity (Wildman–Crippen MR) is 81.7 cm³/mol. The van der Waals surface area contributed by atoms with Crippen LogP contribution >= 0.6 is 0 Å². The second kappa shape index (κ2) is 5.55. The fraction of sp³-hybridized carbons (Fsp3) is 0.294. The number of ether oxygens (including phenoxy) is 1. The first kappa shape index (κ1) is 13.0. The zero-order valence-electron chi connectivity index (χ0n) is 11.8. The van der Waals surface area contributed by atoms with Crippen LogP contribution in [0.5, 0.6) is 5.75 Å². The van der Waals surface area contributed by atoms with Crippen LogP contribution in [-0.4, -0.2) is 18.6 Å². The van der Waals surface area contributed by atoms with E-state index in [4.69, 9.17) is 10.5 Å². The lowest BCUT2D eigenvalue weighted by Crippen LogP contribution is -2.17. The Morgan fingerprint density at radius 1 is 1.05 bits per heavy atom. The van der Waals surface area contributed by atoms with E-state index >= 15 is 0 Å². The lowest BCUT2D eigenvalue weighted by molar-refractivity contribution is 0.319. The van der Waals surface area contributed by atoms with Gasteiger partial charge in [-0.25, -0.2) is 0 Å². The summed E-state index contributed by atoms with van der Waals surface area (Å²) >= 11 is 0. The third-order valence-electron chi connectivity index (χ3n) is 3.64. The van der Waals surface area contributed by atoms with Crippen molar-refractivity contribution in [1.82, 2.24) is 4.90 Å². The van der Waals surface area contributed by atoms with Crippen LogP contribution in [0.15, 0.2) is 42.5 Å². The van der Waals surface area contributed by atoms with Gasteiger partial charge in [-0.15, -0.1) is 0 Å². The van der Waals surface area contributed by atoms with E-state index < -0.39 is 0 Å². The zero-order valence-corrected chi connectivity index (χ0v) is 11.8. The highest BCUT2D eigenvalue weighted by Crippen LogP contribution is 2.26. The normalized spacial score (nSPS) is 13.3. The average Bonchev–Trinajstić information content (AvgIpc) is 2.89. The average molecular weight is 268 g/mol. The number of hydrogen-bond acceptors (Lipinski definition) is 3. The lowest BCUT2D eigenvalue weighted by Gasteiger charge is -2.17. The molecule has 0 aromatic heterocycles. The van der Waals surface area contributed by atoms with Crippen LogP contribution in [0.25, 0.3) is 0 Å². The first-order chi connectivity index (χ1) is 9.70. The summed E-state index contributed by atoms with van der Waals surface area (Å²) in [5.74, 6) is 1.05. The van der Waals surface area contributed by atoms with Gasteiger partial charge in [-0.3, -0.25) is 4.90 Å². The topological polar surface area (TPSA) is 38.5 Å². The molecular formula is C17H20N2O. The molecule has 0 aliphatic carbocycles. The molecule has 20 heavy (non-hydrogen) atoms. The molecule has 3 rings (SSSR count). The molecule has 0 atom stereocenters. The summed E-state index contributed by atoms with van der Waals surface area (Å²) in [6.45, 7) is 2.69. The highest BCUT2D eigenvalue weighted by Gasteiger charge is 2.12. The minimum Gasteiger partial charge on any atom is -0.493 e. The molecule has 0 bridgehead atoms. The van der Waals surface area contributed by atoms with E-state index in [0.29, 0.717) is 0 Å². The van der Waals surface area contributed by atoms with Gasteiger partial charge in [-0.1, -0.05) is 24.3 Å². The maximum absolute atomic E-state index is 5.71. The fourth-order valence-electron chi connectivity index (χ4n) is 2.64. The first-order valence-corrected chi connectivity index (χ1v) is 6.98. The highest BCUT2D eigenvalue weighted by atomic mass is 16.5. The summed E-state index contributed by atoms with van der Waals surface area (Å²) < 4.78 is 5.54. The largest absolute Gasteiger partial charge is 0.493 e. The van der Waals surface area contributed by atoms with Crippen LogP contribution in [0.2, 0.25) is 0 Å². The molecule has 1 aliphatic heterocycles. The molecule has 3 nitrogen and oxygen atoms in total. The summed E-state index contributed by atoms with van der Waals surface area (Å²) in [5, 5.41) is 0. The third-order valence-corrected chi connectivity index (χ3v) is 3.64. The molecule has 0 amide bonds. The zero-order chi connectivity index (χ0) is 13.9. The summed E-state index contributed by atoms with van der Waals surface area (Å²) in [6, 6.07) is 14.6. The molecule has 0 spiro atoms. The Bertz CT molecular complexity index is 592. The molecule has 0 saturated carbocycles. The molecule has 1 heterocycles. The Balaban J connectivity index is 1.63. The van der Waals surface area contributed by atoms with Crippen molar-refractivity contribution in [1.29, 1.82) is 0 Å². The van der Waals surface area contributed by atoms with Gasteiger partial charge in [0, 0.05) is 25.2 Å². The van der Waals surface area contributed by atoms with E-state index in [9.17, 15) is 0 Å². The molecule has 2 N–H and O–H groups in total. The van der Waals surface area contributed by atoms with Crippen molar-refractivity contribution in [2.24, 2.45) is 0 Å². The van der Waals surface area contributed by atoms with Gasteiger partial charge in [0.15, 0.2) is 0 Å². The predicted octanol–water partition coefficient (Wildman–Crippen LogP) is 2.84. The van der Waals surface area contributed by atoms with Crippen molar-refractivity contribution < 1.29 is 4.74 Å². The van der Waals surface area contributed by atoms with Crippen LogP contribution < -0.4 is 10.5 Å². The minimum atomic E-state index is 0.815. The van der Waals surface area contributed by atoms with Gasteiger partial charge in [0.2, 0.25) is 0 Å². The molecular weight excluding hydrogens is 248 g/mol. The van der Waals surface area contributed by atoms with Gasteiger partial charge in [-0.05, 0) is 41.9 Å². The Labute approximate surface area is 120 Å². The summed E-state index contributed by atoms with van der Waals surface area (Å²) in [6.07, 6.45) is 1.03. The number of nitrogens with zero attached hydrogens (tertiary/aromatic N) is 1. The van der Waals surface area contributed by atoms with Crippen LogP contribution in [0, 0.1) is 0 Å². The lowest BCUT2D eigenvalue weighted by atomic mass is 10.1. The third kappa shape index (κ3) is 2.94. The van der Waals surface area contributed by atoms with E-state index in [1.165, 1.54) is 16.7 Å². The van der Waals surface area contributed by atoms with Crippen molar-refractivity contribution >= 4 is 5.69 Å². The quantitative estimate of drug-likeness (QED) is 0.867. The molecule has 3 heteroatoms. The van der Waals surface area contributed by atoms with Gasteiger partial charge in [-0.2, -0.15) is 0 Å². The van der Waals surface area contributed by atoms with Crippen LogP contribution in [-0.2, 0) is 19.5 Å². The molecule has 0 saturated heterocycles. The van der Waals surface area contributed by atoms with Crippen LogP contribution in [0.1, 0.15) is 16.7 Å². The smallest absolute Gasteiger partial charge is 0.122 e. The summed E-state index contributed by atoms with van der Waals surface area (Å²) in [4.78, 5) is 2.31. The van der Waals surface area contributed by atoms with Crippen molar-refractivity contribution in [3.8, 4) is 5.75 Å². The summed E-state index contributed by atoms with van der Waals surface area (Å²) in [7, 11) is 2.14. The van der Waals surface area contributed by atoms with Crippen molar-refractivity contribution in [2.45, 2.75) is 19.5 Å². The molecule has 2 aromatic rings. The molecule has 0 radical (unpaired) electrons. The number of nitrogens with two attached hydrogens (primary N) is 1. The molecule has 1 aliphatic rings. The van der Waals surface area contributed by atoms with Gasteiger partial charge >= 0.3 is 0 Å². The number of benzene rings is 2. The number of rotatable bonds is 4. The standard InChI is InChI=1S/C17H20N2O/c1-19(11-13-2-5-16(18)6-3-13)12-14-4-7-17-15(10-14)8-9-20-17/h2-7,10H,8-9,11-12,18H2,1H3. The number of fused-ring (bicyclic) bond motifs is 1. The molecule has 0 unspecified atom stereocenters. The monoisotopic (exact) mass is 268 g/mol. The van der Waals surface area contributed by atoms with Crippen molar-refractivity contribution in [3.63, 3.8) is 0 Å². The molecule has 2 aromatic carbocycles. The van der Waals surface area contributed by atoms with Gasteiger partial charge < -0.3 is 10.5 Å². The van der Waals surface area contributed by atoms with Crippen molar-refractivity contribution in [2.75, 3.05) is 19.4 Å². The first-order valence-electron chi connectivity index (χ1n) is 6.98. The van der Waals surface area contributed by atoms with Gasteiger partial charge in [0.1, 0.15) is 5.75 Å². The van der Waals surface area contributed by atoms with E-state index in [1.54, 1.807) is 0 Å². The van der Waals surface area contributed by atoms with Crippen molar-refractivity contribution in [3.05, 3.63) is 59.2 Å². The SMILES string of the molecule is CN(Cc1ccc(N)cc1)Cc1ccc2c(c1)CCO2. The Morgan fingerprint density at radius 2 is 1.75 bits per heavy atom. The minimum absolute atomic E-state index is 0.815. The van der Waals surface area contributed by atoms with E-state index in [1.807, 2.05) is 12.1 Å². The van der Waals surface area contributed by atoms with Crippen LogP contribution in [0.4, 0.5) is 5.69 Å². The van der Waals surface area contributed by atoms with Gasteiger partial charge in [0.05, 0.1) is 6.61 Å². The Kier molecular flexibility index (Phi) is 3.61. The number of anilines is 1. The molecule has 104 valence electrons. The van der Waals surface area contributed by atoms with E-state index in [0.717, 1.165) is 37.6 Å². The second-order valence-corrected chi connectivity index (χ2v) is 5.45. The summed E-state index contributed by atoms with van der Waals surface area (Å²) in [5.41, 5.74) is 10.5. The van der Waals surface area contributed by atoms with E-state index in [2.05, 4.69) is 42.3 Å².